The lowest BCUT2D eigenvalue weighted by atomic mass is 10.1. The first-order valence-corrected chi connectivity index (χ1v) is 7.27. The highest BCUT2D eigenvalue weighted by atomic mass is 35.5. The molecule has 0 aliphatic rings. The number of hydrogen-bond donors (Lipinski definition) is 0. The minimum absolute atomic E-state index is 0.806. The van der Waals surface area contributed by atoms with E-state index in [1.165, 1.54) is 16.0 Å². The standard InChI is InChI=1S/C17H12ClS/c18-17-12-15(13-7-3-1-4-8-13)11-16(19-17)14-9-5-2-6-10-14/h1-12H/q+1. The Hall–Kier alpha value is -1.70. The van der Waals surface area contributed by atoms with E-state index in [1.807, 2.05) is 42.5 Å². The Kier molecular flexibility index (Phi) is 3.58. The maximum Gasteiger partial charge on any atom is 0.299 e. The van der Waals surface area contributed by atoms with Crippen LogP contribution in [0.1, 0.15) is 0 Å². The van der Waals surface area contributed by atoms with Crippen molar-refractivity contribution in [2.45, 2.75) is 0 Å². The van der Waals surface area contributed by atoms with Gasteiger partial charge in [0.15, 0.2) is 0 Å². The normalized spacial score (nSPS) is 10.4. The molecule has 0 radical (unpaired) electrons. The molecule has 1 heterocycles. The maximum absolute atomic E-state index is 6.27. The second kappa shape index (κ2) is 5.52. The molecule has 0 N–H and O–H groups in total. The molecule has 0 amide bonds. The Morgan fingerprint density at radius 3 is 1.84 bits per heavy atom. The van der Waals surface area contributed by atoms with E-state index in [0.29, 0.717) is 0 Å². The minimum Gasteiger partial charge on any atom is -0.0622 e. The Balaban J connectivity index is 2.12. The van der Waals surface area contributed by atoms with Crippen molar-refractivity contribution in [1.82, 2.24) is 0 Å². The quantitative estimate of drug-likeness (QED) is 0.505. The third-order valence-electron chi connectivity index (χ3n) is 2.93. The lowest BCUT2D eigenvalue weighted by Crippen LogP contribution is -1.79. The van der Waals surface area contributed by atoms with Gasteiger partial charge in [-0.2, -0.15) is 0 Å². The van der Waals surface area contributed by atoms with Crippen molar-refractivity contribution >= 4 is 22.9 Å². The van der Waals surface area contributed by atoms with Crippen LogP contribution < -0.4 is 0 Å². The zero-order chi connectivity index (χ0) is 13.1. The summed E-state index contributed by atoms with van der Waals surface area (Å²) in [6, 6.07) is 24.9. The van der Waals surface area contributed by atoms with E-state index in [2.05, 4.69) is 30.3 Å². The summed E-state index contributed by atoms with van der Waals surface area (Å²) < 4.78 is 0.806. The van der Waals surface area contributed by atoms with Crippen LogP contribution in [0.5, 0.6) is 0 Å². The number of benzene rings is 2. The van der Waals surface area contributed by atoms with Crippen molar-refractivity contribution in [2.24, 2.45) is 0 Å². The second-order valence-electron chi connectivity index (χ2n) is 4.25. The summed E-state index contributed by atoms with van der Waals surface area (Å²) in [4.78, 5) is 1.19. The summed E-state index contributed by atoms with van der Waals surface area (Å²) in [5.41, 5.74) is 3.55. The predicted octanol–water partition coefficient (Wildman–Crippen LogP) is 6.02. The van der Waals surface area contributed by atoms with Crippen molar-refractivity contribution in [1.29, 1.82) is 0 Å². The van der Waals surface area contributed by atoms with Crippen LogP contribution >= 0.6 is 22.9 Å². The molecular formula is C17H12ClS+. The summed E-state index contributed by atoms with van der Waals surface area (Å²) >= 11 is 7.87. The van der Waals surface area contributed by atoms with Gasteiger partial charge in [0.1, 0.15) is 0 Å². The van der Waals surface area contributed by atoms with Gasteiger partial charge in [0.05, 0.1) is 0 Å². The van der Waals surface area contributed by atoms with Gasteiger partial charge in [-0.25, -0.2) is 0 Å². The average molecular weight is 284 g/mol. The number of halogens is 1. The molecule has 0 nitrogen and oxygen atoms in total. The lowest BCUT2D eigenvalue weighted by molar-refractivity contribution is 1.64. The molecule has 0 fully saturated rings. The van der Waals surface area contributed by atoms with Crippen molar-refractivity contribution in [2.75, 3.05) is 0 Å². The first-order valence-electron chi connectivity index (χ1n) is 6.07. The molecule has 3 aromatic rings. The largest absolute Gasteiger partial charge is 0.299 e. The molecular weight excluding hydrogens is 272 g/mol. The van der Waals surface area contributed by atoms with Gasteiger partial charge in [0.2, 0.25) is 16.2 Å². The van der Waals surface area contributed by atoms with Crippen molar-refractivity contribution in [3.05, 3.63) is 77.1 Å². The molecule has 0 atom stereocenters. The number of rotatable bonds is 2. The highest BCUT2D eigenvalue weighted by molar-refractivity contribution is 7.19. The van der Waals surface area contributed by atoms with Gasteiger partial charge in [-0.1, -0.05) is 48.5 Å². The molecule has 0 aliphatic carbocycles. The Bertz CT molecular complexity index is 620. The van der Waals surface area contributed by atoms with E-state index in [4.69, 9.17) is 11.6 Å². The Labute approximate surface area is 121 Å². The van der Waals surface area contributed by atoms with Crippen LogP contribution in [0.25, 0.3) is 21.6 Å². The molecule has 0 bridgehead atoms. The third-order valence-corrected chi connectivity index (χ3v) is 4.16. The molecule has 0 unspecified atom stereocenters. The van der Waals surface area contributed by atoms with E-state index in [0.717, 1.165) is 9.90 Å². The Morgan fingerprint density at radius 2 is 1.21 bits per heavy atom. The molecule has 2 aromatic carbocycles. The van der Waals surface area contributed by atoms with Crippen LogP contribution in [0.15, 0.2) is 72.8 Å². The zero-order valence-electron chi connectivity index (χ0n) is 10.2. The fourth-order valence-electron chi connectivity index (χ4n) is 2.01. The highest BCUT2D eigenvalue weighted by Crippen LogP contribution is 2.34. The zero-order valence-corrected chi connectivity index (χ0v) is 11.8. The van der Waals surface area contributed by atoms with Gasteiger partial charge in [0.25, 0.3) is 4.34 Å². The van der Waals surface area contributed by atoms with Crippen LogP contribution in [-0.4, -0.2) is 0 Å². The van der Waals surface area contributed by atoms with Gasteiger partial charge in [-0.3, -0.25) is 0 Å². The topological polar surface area (TPSA) is 0 Å². The summed E-state index contributed by atoms with van der Waals surface area (Å²) in [6.45, 7) is 0. The molecule has 1 aromatic heterocycles. The summed E-state index contributed by atoms with van der Waals surface area (Å²) in [7, 11) is 0. The summed E-state index contributed by atoms with van der Waals surface area (Å²) in [6.07, 6.45) is 0. The molecule has 0 saturated carbocycles. The summed E-state index contributed by atoms with van der Waals surface area (Å²) in [5, 5.41) is 0. The monoisotopic (exact) mass is 283 g/mol. The van der Waals surface area contributed by atoms with Crippen LogP contribution in [0.3, 0.4) is 0 Å². The second-order valence-corrected chi connectivity index (χ2v) is 5.96. The van der Waals surface area contributed by atoms with Crippen LogP contribution in [0, 0.1) is 0 Å². The minimum atomic E-state index is 0.806. The van der Waals surface area contributed by atoms with E-state index < -0.39 is 0 Å². The van der Waals surface area contributed by atoms with Gasteiger partial charge < -0.3 is 0 Å². The average Bonchev–Trinajstić information content (AvgIpc) is 2.48. The van der Waals surface area contributed by atoms with Crippen molar-refractivity contribution < 1.29 is 0 Å². The fourth-order valence-corrected chi connectivity index (χ4v) is 3.21. The van der Waals surface area contributed by atoms with Gasteiger partial charge in [-0.05, 0) is 34.9 Å². The van der Waals surface area contributed by atoms with Gasteiger partial charge in [-0.15, -0.1) is 0 Å². The highest BCUT2D eigenvalue weighted by Gasteiger charge is 2.15. The van der Waals surface area contributed by atoms with Gasteiger partial charge in [0, 0.05) is 17.7 Å². The predicted molar refractivity (Wildman–Crippen MR) is 84.6 cm³/mol. The van der Waals surface area contributed by atoms with Crippen LogP contribution in [0.2, 0.25) is 4.34 Å². The summed E-state index contributed by atoms with van der Waals surface area (Å²) in [5.74, 6) is 0. The van der Waals surface area contributed by atoms with Crippen molar-refractivity contribution in [3.63, 3.8) is 0 Å². The first-order chi connectivity index (χ1) is 9.33. The van der Waals surface area contributed by atoms with E-state index in [-0.39, 0.29) is 0 Å². The molecule has 2 heteroatoms. The molecule has 92 valence electrons. The molecule has 0 aliphatic heterocycles. The van der Waals surface area contributed by atoms with Gasteiger partial charge >= 0.3 is 0 Å². The molecule has 19 heavy (non-hydrogen) atoms. The van der Waals surface area contributed by atoms with E-state index in [9.17, 15) is 0 Å². The maximum atomic E-state index is 6.27. The molecule has 0 saturated heterocycles. The first kappa shape index (κ1) is 12.3. The SMILES string of the molecule is Clc1cc(-c2ccccc2)cc(-c2ccccc2)[s+]1. The van der Waals surface area contributed by atoms with Crippen LogP contribution in [0.4, 0.5) is 0 Å². The fraction of sp³-hybridized carbons (Fsp3) is 0. The molecule has 3 rings (SSSR count). The molecule has 0 spiro atoms. The smallest absolute Gasteiger partial charge is 0.0622 e. The third kappa shape index (κ3) is 2.83. The van der Waals surface area contributed by atoms with Crippen molar-refractivity contribution in [3.8, 4) is 21.6 Å². The Morgan fingerprint density at radius 1 is 0.632 bits per heavy atom. The number of hydrogen-bond acceptors (Lipinski definition) is 0. The lowest BCUT2D eigenvalue weighted by Gasteiger charge is -2.00. The van der Waals surface area contributed by atoms with Crippen LogP contribution in [-0.2, 0) is 0 Å². The van der Waals surface area contributed by atoms with E-state index in [1.54, 1.807) is 11.3 Å². The van der Waals surface area contributed by atoms with E-state index >= 15 is 0 Å².